The van der Waals surface area contributed by atoms with E-state index in [9.17, 15) is 7.85 Å². The lowest BCUT2D eigenvalue weighted by Crippen LogP contribution is -2.17. The number of phenols is 1. The summed E-state index contributed by atoms with van der Waals surface area (Å²) < 4.78 is 39.3. The van der Waals surface area contributed by atoms with Crippen LogP contribution in [0.5, 0.6) is 5.75 Å². The summed E-state index contributed by atoms with van der Waals surface area (Å²) >= 11 is 0. The highest BCUT2D eigenvalue weighted by atomic mass is 16.3. The predicted octanol–water partition coefficient (Wildman–Crippen LogP) is 17.8. The maximum Gasteiger partial charge on any atom is 0.149 e. The fraction of sp³-hybridized carbons (Fsp3) is 0.364. The van der Waals surface area contributed by atoms with Crippen molar-refractivity contribution in [2.45, 2.75) is 143 Å². The molecule has 2 aromatic heterocycles. The molecule has 8 aromatic rings. The molecule has 2 aliphatic carbocycles. The van der Waals surface area contributed by atoms with Crippen molar-refractivity contribution < 1.29 is 10.6 Å². The number of para-hydroxylation sites is 1. The Kier molecular flexibility index (Phi) is 11.5. The van der Waals surface area contributed by atoms with Gasteiger partial charge in [-0.05, 0) is 134 Å². The summed E-state index contributed by atoms with van der Waals surface area (Å²) in [6.45, 7) is 19.8. The maximum atomic E-state index is 12.7. The van der Waals surface area contributed by atoms with Crippen LogP contribution < -0.4 is 0 Å². The zero-order valence-electron chi connectivity index (χ0n) is 46.9. The van der Waals surface area contributed by atoms with Crippen molar-refractivity contribution in [3.8, 4) is 67.5 Å². The predicted molar refractivity (Wildman–Crippen MR) is 295 cm³/mol. The number of hydrogen-bond acceptors (Lipinski definition) is 3. The van der Waals surface area contributed by atoms with E-state index in [0.717, 1.165) is 135 Å². The van der Waals surface area contributed by atoms with Gasteiger partial charge in [-0.25, -0.2) is 4.98 Å². The highest BCUT2D eigenvalue weighted by Crippen LogP contribution is 2.46. The molecule has 0 bridgehead atoms. The number of pyridine rings is 1. The van der Waals surface area contributed by atoms with E-state index in [2.05, 4.69) is 158 Å². The third kappa shape index (κ3) is 9.76. The van der Waals surface area contributed by atoms with Crippen LogP contribution in [-0.2, 0) is 29.0 Å². The molecule has 2 saturated carbocycles. The van der Waals surface area contributed by atoms with Crippen molar-refractivity contribution in [3.05, 3.63) is 167 Å². The lowest BCUT2D eigenvalue weighted by atomic mass is 9.79. The molecule has 2 heterocycles. The van der Waals surface area contributed by atoms with Crippen LogP contribution in [0, 0.1) is 11.8 Å². The molecule has 0 spiro atoms. The van der Waals surface area contributed by atoms with Gasteiger partial charge < -0.3 is 5.11 Å². The summed E-state index contributed by atoms with van der Waals surface area (Å²) in [7, 11) is 0. The first-order chi connectivity index (χ1) is 35.0. The van der Waals surface area contributed by atoms with Gasteiger partial charge in [0.25, 0.3) is 0 Å². The number of rotatable bonds is 10. The normalized spacial score (nSPS) is 16.4. The van der Waals surface area contributed by atoms with Crippen LogP contribution in [0.3, 0.4) is 0 Å². The van der Waals surface area contributed by atoms with Crippen LogP contribution in [-0.4, -0.2) is 19.6 Å². The second kappa shape index (κ2) is 18.8. The van der Waals surface area contributed by atoms with Gasteiger partial charge in [0.1, 0.15) is 11.6 Å². The van der Waals surface area contributed by atoms with Gasteiger partial charge in [-0.1, -0.05) is 199 Å². The largest absolute Gasteiger partial charge is 0.507 e. The molecule has 0 saturated heterocycles. The monoisotopic (exact) mass is 928 g/mol. The molecule has 0 atom stereocenters. The van der Waals surface area contributed by atoms with Gasteiger partial charge in [-0.3, -0.25) is 9.55 Å². The third-order valence-corrected chi connectivity index (χ3v) is 14.9. The number of hydrogen-bond donors (Lipinski definition) is 1. The number of phenolic OH excluding ortho intramolecular Hbond substituents is 1. The van der Waals surface area contributed by atoms with Crippen LogP contribution in [0.4, 0.5) is 0 Å². The highest BCUT2D eigenvalue weighted by molar-refractivity contribution is 5.98. The van der Waals surface area contributed by atoms with Gasteiger partial charge >= 0.3 is 0 Å². The molecular weight excluding hydrogens is 851 g/mol. The smallest absolute Gasteiger partial charge is 0.149 e. The van der Waals surface area contributed by atoms with E-state index in [0.29, 0.717) is 17.0 Å². The molecule has 2 fully saturated rings. The fourth-order valence-electron chi connectivity index (χ4n) is 10.7. The number of aromatic hydroxyl groups is 1. The first-order valence-electron chi connectivity index (χ1n) is 27.8. The van der Waals surface area contributed by atoms with Crippen LogP contribution in [0.1, 0.15) is 147 Å². The quantitative estimate of drug-likeness (QED) is 0.149. The van der Waals surface area contributed by atoms with E-state index in [4.69, 9.17) is 12.7 Å². The van der Waals surface area contributed by atoms with E-state index in [-0.39, 0.29) is 33.8 Å². The van der Waals surface area contributed by atoms with E-state index in [1.165, 1.54) is 0 Å². The van der Waals surface area contributed by atoms with Gasteiger partial charge in [-0.2, -0.15) is 0 Å². The Morgan fingerprint density at radius 2 is 1.16 bits per heavy atom. The number of imidazole rings is 1. The molecule has 4 nitrogen and oxygen atoms in total. The average molecular weight is 928 g/mol. The summed E-state index contributed by atoms with van der Waals surface area (Å²) in [5, 5.41) is 12.7. The van der Waals surface area contributed by atoms with E-state index in [1.807, 2.05) is 48.7 Å². The van der Waals surface area contributed by atoms with Crippen molar-refractivity contribution in [1.82, 2.24) is 14.5 Å². The maximum absolute atomic E-state index is 12.7. The Morgan fingerprint density at radius 1 is 0.529 bits per heavy atom. The fourth-order valence-corrected chi connectivity index (χ4v) is 10.7. The highest BCUT2D eigenvalue weighted by Gasteiger charge is 2.30. The number of aromatic nitrogens is 3. The standard InChI is InChI=1S/C66H73N3O/c1-64(2,3)52-38-50(37-51(39-52)58-40-49(32-33-67-58)47-29-26-45(27-30-47)34-43-18-13-14-19-43)54-24-17-25-60-61(54)68-63(56-41-53(65(4,5)6)42-57(62(56)70)66(7,8)9)69(60)59-31-28-46(35-44-20-15-16-21-44)36-55(59)48-22-11-10-12-23-48/h10-12,17,22-33,36-44,70H,13-16,18-21,34-35H2,1-9H3/i34D2,35D2. The minimum Gasteiger partial charge on any atom is -0.507 e. The topological polar surface area (TPSA) is 50.9 Å². The molecule has 0 amide bonds. The molecular formula is C66H73N3O. The first kappa shape index (κ1) is 42.6. The second-order valence-electron chi connectivity index (χ2n) is 23.3. The Balaban J connectivity index is 1.19. The van der Waals surface area contributed by atoms with Gasteiger partial charge in [0.15, 0.2) is 0 Å². The molecule has 6 aromatic carbocycles. The second-order valence-corrected chi connectivity index (χ2v) is 23.3. The number of benzene rings is 6. The lowest BCUT2D eigenvalue weighted by molar-refractivity contribution is 0.446. The van der Waals surface area contributed by atoms with E-state index < -0.39 is 12.7 Å². The minimum atomic E-state index is -1.51. The van der Waals surface area contributed by atoms with Crippen LogP contribution in [0.15, 0.2) is 140 Å². The number of fused-ring (bicyclic) bond motifs is 1. The number of nitrogens with zero attached hydrogens (tertiary/aromatic N) is 3. The van der Waals surface area contributed by atoms with Gasteiger partial charge in [-0.15, -0.1) is 0 Å². The summed E-state index contributed by atoms with van der Waals surface area (Å²) in [5.74, 6) is 0.816. The molecule has 1 N–H and O–H groups in total. The average Bonchev–Trinajstić information content (AvgIpc) is 4.19. The van der Waals surface area contributed by atoms with Crippen molar-refractivity contribution in [3.63, 3.8) is 0 Å². The van der Waals surface area contributed by atoms with Crippen LogP contribution in [0.2, 0.25) is 0 Å². The minimum absolute atomic E-state index is 0.0460. The van der Waals surface area contributed by atoms with Gasteiger partial charge in [0.2, 0.25) is 0 Å². The molecule has 0 aliphatic heterocycles. The molecule has 4 heteroatoms. The van der Waals surface area contributed by atoms with Gasteiger partial charge in [0, 0.05) is 33.9 Å². The zero-order valence-corrected chi connectivity index (χ0v) is 42.9. The first-order valence-corrected chi connectivity index (χ1v) is 25.8. The Bertz CT molecular complexity index is 3360. The summed E-state index contributed by atoms with van der Waals surface area (Å²) in [4.78, 5) is 10.7. The van der Waals surface area contributed by atoms with E-state index >= 15 is 0 Å². The molecule has 70 heavy (non-hydrogen) atoms. The summed E-state index contributed by atoms with van der Waals surface area (Å²) in [5.41, 5.74) is 14.4. The van der Waals surface area contributed by atoms with E-state index in [1.54, 1.807) is 0 Å². The Morgan fingerprint density at radius 3 is 1.81 bits per heavy atom. The van der Waals surface area contributed by atoms with Crippen LogP contribution in [0.25, 0.3) is 72.7 Å². The SMILES string of the molecule is [2H]C([2H])(c1ccc(-c2ccnc(-c3cc(-c4cccc5c4nc(-c4cc(C(C)(C)C)cc(C(C)(C)C)c4O)n5-c4ccc(C([2H])([2H])C5CCCC5)cc4-c4ccccc4)cc(C(C)(C)C)c3)c2)cc1)C1CCCC1. The molecule has 358 valence electrons. The van der Waals surface area contributed by atoms with Gasteiger partial charge in [0.05, 0.1) is 28.0 Å². The van der Waals surface area contributed by atoms with Crippen molar-refractivity contribution in [1.29, 1.82) is 0 Å². The molecule has 2 aliphatic rings. The summed E-state index contributed by atoms with van der Waals surface area (Å²) in [6.07, 6.45) is 6.94. The van der Waals surface area contributed by atoms with Crippen LogP contribution >= 0.6 is 0 Å². The molecule has 0 unspecified atom stereocenters. The van der Waals surface area contributed by atoms with Crippen molar-refractivity contribution in [2.24, 2.45) is 11.8 Å². The Labute approximate surface area is 423 Å². The third-order valence-electron chi connectivity index (χ3n) is 14.9. The zero-order chi connectivity index (χ0) is 52.5. The molecule has 0 radical (unpaired) electrons. The Hall–Kier alpha value is -6.26. The lowest BCUT2D eigenvalue weighted by Gasteiger charge is -2.27. The summed E-state index contributed by atoms with van der Waals surface area (Å²) in [6, 6.07) is 46.0. The molecule has 10 rings (SSSR count). The van der Waals surface area contributed by atoms with Crippen molar-refractivity contribution >= 4 is 11.0 Å². The van der Waals surface area contributed by atoms with Crippen molar-refractivity contribution in [2.75, 3.05) is 0 Å².